The Hall–Kier alpha value is -2.37. The molecule has 0 fully saturated rings. The van der Waals surface area contributed by atoms with E-state index in [-0.39, 0.29) is 11.5 Å². The second-order valence-electron chi connectivity index (χ2n) is 4.23. The third-order valence-electron chi connectivity index (χ3n) is 3.01. The molecule has 6 nitrogen and oxygen atoms in total. The summed E-state index contributed by atoms with van der Waals surface area (Å²) < 4.78 is 12.2. The summed E-state index contributed by atoms with van der Waals surface area (Å²) in [4.78, 5) is 12.3. The van der Waals surface area contributed by atoms with Crippen LogP contribution in [0.1, 0.15) is 22.5 Å². The Kier molecular flexibility index (Phi) is 2.91. The first kappa shape index (κ1) is 11.7. The molecule has 0 atom stereocenters. The van der Waals surface area contributed by atoms with Gasteiger partial charge in [0, 0.05) is 18.5 Å². The molecular formula is C13H13N3O3. The summed E-state index contributed by atoms with van der Waals surface area (Å²) in [5, 5.41) is 7.86. The number of ketones is 1. The average molecular weight is 259 g/mol. The van der Waals surface area contributed by atoms with Crippen LogP contribution in [-0.2, 0) is 6.54 Å². The van der Waals surface area contributed by atoms with Crippen molar-refractivity contribution in [3.63, 3.8) is 0 Å². The molecule has 0 amide bonds. The Bertz CT molecular complexity index is 604. The zero-order valence-electron chi connectivity index (χ0n) is 10.5. The smallest absolute Gasteiger partial charge is 0.244 e. The molecule has 19 heavy (non-hydrogen) atoms. The molecule has 2 aromatic rings. The lowest BCUT2D eigenvalue weighted by atomic mass is 10.1. The number of rotatable bonds is 3. The van der Waals surface area contributed by atoms with Gasteiger partial charge in [0.1, 0.15) is 5.75 Å². The number of methoxy groups -OCH3 is 1. The van der Waals surface area contributed by atoms with E-state index in [1.807, 2.05) is 0 Å². The molecule has 98 valence electrons. The molecule has 0 N–H and O–H groups in total. The first-order valence-electron chi connectivity index (χ1n) is 6.04. The fraction of sp³-hybridized carbons (Fsp3) is 0.308. The van der Waals surface area contributed by atoms with Gasteiger partial charge >= 0.3 is 0 Å². The third-order valence-corrected chi connectivity index (χ3v) is 3.01. The Morgan fingerprint density at radius 3 is 2.89 bits per heavy atom. The van der Waals surface area contributed by atoms with Crippen LogP contribution >= 0.6 is 0 Å². The van der Waals surface area contributed by atoms with Crippen molar-refractivity contribution < 1.29 is 14.3 Å². The molecule has 1 aliphatic rings. The third kappa shape index (κ3) is 2.05. The van der Waals surface area contributed by atoms with Crippen LogP contribution in [0.4, 0.5) is 0 Å². The predicted molar refractivity (Wildman–Crippen MR) is 66.6 cm³/mol. The van der Waals surface area contributed by atoms with Crippen LogP contribution in [0.5, 0.6) is 11.6 Å². The lowest BCUT2D eigenvalue weighted by molar-refractivity contribution is 0.102. The summed E-state index contributed by atoms with van der Waals surface area (Å²) >= 11 is 0. The molecule has 0 radical (unpaired) electrons. The molecule has 1 aromatic carbocycles. The predicted octanol–water partition coefficient (Wildman–Crippen LogP) is 1.30. The number of hydrogen-bond donors (Lipinski definition) is 0. The first-order chi connectivity index (χ1) is 9.29. The van der Waals surface area contributed by atoms with Crippen molar-refractivity contribution in [1.29, 1.82) is 0 Å². The molecule has 0 bridgehead atoms. The van der Waals surface area contributed by atoms with Crippen LogP contribution in [0, 0.1) is 0 Å². The lowest BCUT2D eigenvalue weighted by Gasteiger charge is -2.14. The Labute approximate surface area is 109 Å². The number of fused-ring (bicyclic) bond motifs is 1. The topological polar surface area (TPSA) is 66.2 Å². The molecule has 0 aliphatic carbocycles. The summed E-state index contributed by atoms with van der Waals surface area (Å²) in [6.45, 7) is 1.33. The van der Waals surface area contributed by atoms with Crippen molar-refractivity contribution in [3.8, 4) is 11.6 Å². The van der Waals surface area contributed by atoms with Gasteiger partial charge in [0.2, 0.25) is 11.7 Å². The molecule has 0 saturated heterocycles. The standard InChI is InChI=1S/C13H13N3O3/c1-18-10-5-3-9(4-6-10)12(17)11-13-16(15-14-11)7-2-8-19-13/h3-6H,2,7-8H2,1H3. The van der Waals surface area contributed by atoms with Gasteiger partial charge in [-0.25, -0.2) is 4.68 Å². The molecule has 3 rings (SSSR count). The molecule has 1 aliphatic heterocycles. The summed E-state index contributed by atoms with van der Waals surface area (Å²) in [5.41, 5.74) is 0.808. The van der Waals surface area contributed by atoms with Gasteiger partial charge in [-0.1, -0.05) is 5.21 Å². The van der Waals surface area contributed by atoms with Gasteiger partial charge in [0.25, 0.3) is 0 Å². The van der Waals surface area contributed by atoms with Gasteiger partial charge in [-0.2, -0.15) is 0 Å². The van der Waals surface area contributed by atoms with Crippen molar-refractivity contribution in [2.75, 3.05) is 13.7 Å². The Morgan fingerprint density at radius 1 is 1.37 bits per heavy atom. The van der Waals surface area contributed by atoms with Crippen molar-refractivity contribution in [1.82, 2.24) is 15.0 Å². The van der Waals surface area contributed by atoms with Gasteiger partial charge in [-0.15, -0.1) is 5.10 Å². The van der Waals surface area contributed by atoms with Gasteiger partial charge in [-0.05, 0) is 24.3 Å². The van der Waals surface area contributed by atoms with E-state index >= 15 is 0 Å². The van der Waals surface area contributed by atoms with E-state index in [2.05, 4.69) is 10.3 Å². The van der Waals surface area contributed by atoms with Crippen LogP contribution in [0.15, 0.2) is 24.3 Å². The number of aromatic nitrogens is 3. The van der Waals surface area contributed by atoms with Gasteiger partial charge < -0.3 is 9.47 Å². The van der Waals surface area contributed by atoms with E-state index in [4.69, 9.17) is 9.47 Å². The van der Waals surface area contributed by atoms with Crippen molar-refractivity contribution in [2.45, 2.75) is 13.0 Å². The minimum atomic E-state index is -0.189. The average Bonchev–Trinajstić information content (AvgIpc) is 2.90. The highest BCUT2D eigenvalue weighted by Gasteiger charge is 2.24. The fourth-order valence-electron chi connectivity index (χ4n) is 2.00. The van der Waals surface area contributed by atoms with Crippen LogP contribution in [0.2, 0.25) is 0 Å². The summed E-state index contributed by atoms with van der Waals surface area (Å²) in [5.74, 6) is 0.982. The number of hydrogen-bond acceptors (Lipinski definition) is 5. The molecule has 0 unspecified atom stereocenters. The zero-order valence-corrected chi connectivity index (χ0v) is 10.5. The highest BCUT2D eigenvalue weighted by molar-refractivity contribution is 6.09. The number of carbonyl (C=O) groups is 1. The first-order valence-corrected chi connectivity index (χ1v) is 6.04. The van der Waals surface area contributed by atoms with E-state index in [0.717, 1.165) is 13.0 Å². The number of benzene rings is 1. The van der Waals surface area contributed by atoms with Gasteiger partial charge in [0.05, 0.1) is 13.7 Å². The number of carbonyl (C=O) groups excluding carboxylic acids is 1. The molecular weight excluding hydrogens is 246 g/mol. The second-order valence-corrected chi connectivity index (χ2v) is 4.23. The molecule has 2 heterocycles. The van der Waals surface area contributed by atoms with Gasteiger partial charge in [0.15, 0.2) is 5.69 Å². The van der Waals surface area contributed by atoms with Crippen LogP contribution in [-0.4, -0.2) is 34.5 Å². The van der Waals surface area contributed by atoms with E-state index in [0.29, 0.717) is 23.8 Å². The number of nitrogens with zero attached hydrogens (tertiary/aromatic N) is 3. The Morgan fingerprint density at radius 2 is 2.16 bits per heavy atom. The zero-order chi connectivity index (χ0) is 13.2. The minimum absolute atomic E-state index is 0.189. The summed E-state index contributed by atoms with van der Waals surface area (Å²) in [6.07, 6.45) is 0.881. The van der Waals surface area contributed by atoms with Crippen LogP contribution < -0.4 is 9.47 Å². The highest BCUT2D eigenvalue weighted by atomic mass is 16.5. The fourth-order valence-corrected chi connectivity index (χ4v) is 2.00. The number of ether oxygens (including phenoxy) is 2. The maximum absolute atomic E-state index is 12.3. The summed E-state index contributed by atoms with van der Waals surface area (Å²) in [7, 11) is 1.58. The SMILES string of the molecule is COc1ccc(C(=O)c2nnn3c2OCCC3)cc1. The van der Waals surface area contributed by atoms with Crippen LogP contribution in [0.25, 0.3) is 0 Å². The van der Waals surface area contributed by atoms with Gasteiger partial charge in [-0.3, -0.25) is 4.79 Å². The lowest BCUT2D eigenvalue weighted by Crippen LogP contribution is -2.16. The summed E-state index contributed by atoms with van der Waals surface area (Å²) in [6, 6.07) is 6.89. The molecule has 0 spiro atoms. The Balaban J connectivity index is 1.92. The number of aryl methyl sites for hydroxylation is 1. The van der Waals surface area contributed by atoms with E-state index < -0.39 is 0 Å². The van der Waals surface area contributed by atoms with Crippen molar-refractivity contribution >= 4 is 5.78 Å². The quantitative estimate of drug-likeness (QED) is 0.777. The normalized spacial score (nSPS) is 13.5. The maximum atomic E-state index is 12.3. The molecule has 0 saturated carbocycles. The minimum Gasteiger partial charge on any atom is -0.497 e. The van der Waals surface area contributed by atoms with E-state index in [1.165, 1.54) is 0 Å². The molecule has 6 heteroatoms. The highest BCUT2D eigenvalue weighted by Crippen LogP contribution is 2.23. The van der Waals surface area contributed by atoms with Crippen molar-refractivity contribution in [2.24, 2.45) is 0 Å². The van der Waals surface area contributed by atoms with E-state index in [9.17, 15) is 4.79 Å². The maximum Gasteiger partial charge on any atom is 0.244 e. The van der Waals surface area contributed by atoms with E-state index in [1.54, 1.807) is 36.1 Å². The largest absolute Gasteiger partial charge is 0.497 e. The monoisotopic (exact) mass is 259 g/mol. The van der Waals surface area contributed by atoms with Crippen molar-refractivity contribution in [3.05, 3.63) is 35.5 Å². The molecule has 1 aromatic heterocycles. The second kappa shape index (κ2) is 4.72. The van der Waals surface area contributed by atoms with Crippen LogP contribution in [0.3, 0.4) is 0 Å².